The van der Waals surface area contributed by atoms with E-state index in [-0.39, 0.29) is 23.8 Å². The van der Waals surface area contributed by atoms with Crippen LogP contribution < -0.4 is 10.1 Å². The van der Waals surface area contributed by atoms with Gasteiger partial charge in [0.2, 0.25) is 0 Å². The van der Waals surface area contributed by atoms with Gasteiger partial charge in [0.1, 0.15) is 11.9 Å². The minimum atomic E-state index is -0.317. The van der Waals surface area contributed by atoms with Gasteiger partial charge in [0, 0.05) is 18.7 Å². The molecule has 2 aromatic rings. The summed E-state index contributed by atoms with van der Waals surface area (Å²) < 4.78 is 10.9. The smallest absolute Gasteiger partial charge is 0.311 e. The number of oxazole rings is 1. The Labute approximate surface area is 155 Å². The first-order chi connectivity index (χ1) is 12.1. The normalized spacial score (nSPS) is 25.0. The highest BCUT2D eigenvalue weighted by Crippen LogP contribution is 2.30. The Morgan fingerprint density at radius 1 is 1.28 bits per heavy atom. The first-order valence-corrected chi connectivity index (χ1v) is 8.96. The van der Waals surface area contributed by atoms with E-state index in [9.17, 15) is 4.79 Å². The second-order valence-electron chi connectivity index (χ2n) is 6.38. The number of nitrogens with one attached hydrogen (secondary N) is 1. The van der Waals surface area contributed by atoms with Crippen molar-refractivity contribution in [2.24, 2.45) is 5.92 Å². The van der Waals surface area contributed by atoms with Crippen LogP contribution in [0.2, 0.25) is 10.0 Å². The van der Waals surface area contributed by atoms with Gasteiger partial charge in [0.25, 0.3) is 5.89 Å². The summed E-state index contributed by atoms with van der Waals surface area (Å²) in [4.78, 5) is 18.8. The number of hydrogen-bond donors (Lipinski definition) is 1. The highest BCUT2D eigenvalue weighted by atomic mass is 35.5. The summed E-state index contributed by atoms with van der Waals surface area (Å²) in [6, 6.07) is 5.00. The lowest BCUT2D eigenvalue weighted by Crippen LogP contribution is -2.57. The first kappa shape index (κ1) is 16.7. The lowest BCUT2D eigenvalue weighted by atomic mass is 9.84. The Bertz CT molecular complexity index is 787. The lowest BCUT2D eigenvalue weighted by Gasteiger charge is -2.44. The van der Waals surface area contributed by atoms with Gasteiger partial charge in [-0.25, -0.2) is 4.98 Å². The van der Waals surface area contributed by atoms with Crippen molar-refractivity contribution in [3.63, 3.8) is 0 Å². The standard InChI is InChI=1S/C17H17Cl2N3O3/c18-12-2-1-11(7-13(12)19)24-15-8-20-17(25-15)16(23)21-14-9-22-5-3-10(14)4-6-22/h1-2,7-8,10,14H,3-6,9H2,(H,21,23). The van der Waals surface area contributed by atoms with Gasteiger partial charge in [-0.1, -0.05) is 23.2 Å². The van der Waals surface area contributed by atoms with Crippen molar-refractivity contribution >= 4 is 29.1 Å². The van der Waals surface area contributed by atoms with Crippen molar-refractivity contribution in [3.05, 3.63) is 40.3 Å². The second-order valence-corrected chi connectivity index (χ2v) is 7.19. The molecule has 2 bridgehead atoms. The number of amides is 1. The van der Waals surface area contributed by atoms with Crippen molar-refractivity contribution in [1.82, 2.24) is 15.2 Å². The minimum Gasteiger partial charge on any atom is -0.425 e. The van der Waals surface area contributed by atoms with Gasteiger partial charge in [0.05, 0.1) is 10.0 Å². The van der Waals surface area contributed by atoms with Gasteiger partial charge in [-0.2, -0.15) is 0 Å². The van der Waals surface area contributed by atoms with Crippen LogP contribution in [0.25, 0.3) is 0 Å². The van der Waals surface area contributed by atoms with Crippen molar-refractivity contribution < 1.29 is 13.9 Å². The van der Waals surface area contributed by atoms with Crippen molar-refractivity contribution in [2.75, 3.05) is 19.6 Å². The van der Waals surface area contributed by atoms with E-state index >= 15 is 0 Å². The molecule has 132 valence electrons. The summed E-state index contributed by atoms with van der Waals surface area (Å²) in [6.45, 7) is 3.14. The number of carbonyl (C=O) groups is 1. The largest absolute Gasteiger partial charge is 0.425 e. The fourth-order valence-corrected chi connectivity index (χ4v) is 3.71. The number of halogens is 2. The molecular formula is C17H17Cl2N3O3. The Morgan fingerprint density at radius 3 is 2.76 bits per heavy atom. The van der Waals surface area contributed by atoms with Crippen LogP contribution in [-0.2, 0) is 0 Å². The molecule has 1 amide bonds. The predicted octanol–water partition coefficient (Wildman–Crippen LogP) is 3.60. The summed E-state index contributed by atoms with van der Waals surface area (Å²) in [7, 11) is 0. The zero-order chi connectivity index (χ0) is 17.4. The zero-order valence-electron chi connectivity index (χ0n) is 13.4. The van der Waals surface area contributed by atoms with Crippen LogP contribution in [0.1, 0.15) is 23.5 Å². The molecule has 3 saturated heterocycles. The number of aromatic nitrogens is 1. The van der Waals surface area contributed by atoms with Crippen molar-refractivity contribution in [2.45, 2.75) is 18.9 Å². The average molecular weight is 382 g/mol. The molecule has 5 rings (SSSR count). The van der Waals surface area contributed by atoms with Crippen LogP contribution in [0.4, 0.5) is 0 Å². The van der Waals surface area contributed by atoms with Gasteiger partial charge in [-0.3, -0.25) is 4.79 Å². The number of rotatable bonds is 4. The van der Waals surface area contributed by atoms with Gasteiger partial charge >= 0.3 is 11.9 Å². The maximum atomic E-state index is 12.4. The number of carbonyl (C=O) groups excluding carboxylic acids is 1. The molecule has 3 aliphatic rings. The third-order valence-electron chi connectivity index (χ3n) is 4.76. The molecule has 25 heavy (non-hydrogen) atoms. The molecule has 4 heterocycles. The van der Waals surface area contributed by atoms with E-state index in [1.54, 1.807) is 18.2 Å². The van der Waals surface area contributed by atoms with Gasteiger partial charge in [0.15, 0.2) is 0 Å². The molecule has 0 radical (unpaired) electrons. The summed E-state index contributed by atoms with van der Waals surface area (Å²) in [5, 5.41) is 3.84. The number of benzene rings is 1. The summed E-state index contributed by atoms with van der Waals surface area (Å²) in [5.41, 5.74) is 0. The molecule has 1 aromatic heterocycles. The number of ether oxygens (including phenoxy) is 1. The molecule has 1 unspecified atom stereocenters. The Hall–Kier alpha value is -1.76. The molecule has 3 fully saturated rings. The average Bonchev–Trinajstić information content (AvgIpc) is 3.08. The SMILES string of the molecule is O=C(NC1CN2CCC1CC2)c1ncc(Oc2ccc(Cl)c(Cl)c2)o1. The molecule has 6 nitrogen and oxygen atoms in total. The number of nitrogens with zero attached hydrogens (tertiary/aromatic N) is 2. The molecule has 1 N–H and O–H groups in total. The van der Waals surface area contributed by atoms with Crippen molar-refractivity contribution in [1.29, 1.82) is 0 Å². The lowest BCUT2D eigenvalue weighted by molar-refractivity contribution is 0.0599. The number of hydrogen-bond acceptors (Lipinski definition) is 5. The molecule has 0 aliphatic carbocycles. The summed E-state index contributed by atoms with van der Waals surface area (Å²) >= 11 is 11.8. The minimum absolute atomic E-state index is 0.00786. The highest BCUT2D eigenvalue weighted by molar-refractivity contribution is 6.42. The Balaban J connectivity index is 1.40. The van der Waals surface area contributed by atoms with Crippen LogP contribution in [-0.4, -0.2) is 41.5 Å². The van der Waals surface area contributed by atoms with Gasteiger partial charge < -0.3 is 19.4 Å². The molecule has 3 aliphatic heterocycles. The van der Waals surface area contributed by atoms with E-state index in [0.717, 1.165) is 32.5 Å². The highest BCUT2D eigenvalue weighted by Gasteiger charge is 2.35. The predicted molar refractivity (Wildman–Crippen MR) is 93.5 cm³/mol. The summed E-state index contributed by atoms with van der Waals surface area (Å²) in [5.74, 6) is 0.789. The van der Waals surface area contributed by atoms with E-state index in [2.05, 4.69) is 15.2 Å². The Kier molecular flexibility index (Phi) is 4.58. The van der Waals surface area contributed by atoms with Gasteiger partial charge in [-0.15, -0.1) is 0 Å². The van der Waals surface area contributed by atoms with Crippen LogP contribution in [0, 0.1) is 5.92 Å². The molecule has 0 saturated carbocycles. The Morgan fingerprint density at radius 2 is 2.08 bits per heavy atom. The quantitative estimate of drug-likeness (QED) is 0.875. The van der Waals surface area contributed by atoms with Crippen LogP contribution in [0.15, 0.2) is 28.8 Å². The fourth-order valence-electron chi connectivity index (χ4n) is 3.43. The number of piperidine rings is 3. The monoisotopic (exact) mass is 381 g/mol. The van der Waals surface area contributed by atoms with Gasteiger partial charge in [-0.05, 0) is 44.0 Å². The molecule has 0 spiro atoms. The molecular weight excluding hydrogens is 365 g/mol. The third kappa shape index (κ3) is 3.61. The van der Waals surface area contributed by atoms with Crippen LogP contribution in [0.5, 0.6) is 11.7 Å². The molecule has 1 aromatic carbocycles. The van der Waals surface area contributed by atoms with E-state index in [4.69, 9.17) is 32.4 Å². The maximum Gasteiger partial charge on any atom is 0.311 e. The van der Waals surface area contributed by atoms with Crippen molar-refractivity contribution in [3.8, 4) is 11.7 Å². The topological polar surface area (TPSA) is 67.6 Å². The van der Waals surface area contributed by atoms with Crippen LogP contribution in [0.3, 0.4) is 0 Å². The van der Waals surface area contributed by atoms with E-state index < -0.39 is 0 Å². The van der Waals surface area contributed by atoms with E-state index in [0.29, 0.717) is 21.7 Å². The summed E-state index contributed by atoms with van der Waals surface area (Å²) in [6.07, 6.45) is 3.62. The molecule has 8 heteroatoms. The third-order valence-corrected chi connectivity index (χ3v) is 5.50. The number of fused-ring (bicyclic) bond motifs is 3. The second kappa shape index (κ2) is 6.86. The van der Waals surface area contributed by atoms with Crippen LogP contribution >= 0.6 is 23.2 Å². The maximum absolute atomic E-state index is 12.4. The zero-order valence-corrected chi connectivity index (χ0v) is 14.9. The molecule has 1 atom stereocenters. The fraction of sp³-hybridized carbons (Fsp3) is 0.412. The van der Waals surface area contributed by atoms with E-state index in [1.165, 1.54) is 6.20 Å². The van der Waals surface area contributed by atoms with E-state index in [1.807, 2.05) is 0 Å². The first-order valence-electron chi connectivity index (χ1n) is 8.20.